The van der Waals surface area contributed by atoms with Crippen molar-refractivity contribution >= 4 is 5.97 Å². The number of aliphatic hydroxyl groups excluding tert-OH is 1. The maximum absolute atomic E-state index is 10.9. The molecule has 1 fully saturated rings. The predicted octanol–water partition coefficient (Wildman–Crippen LogP) is 0.197. The Morgan fingerprint density at radius 1 is 1.54 bits per heavy atom. The number of carboxylic acid groups (broad SMARTS) is 1. The van der Waals surface area contributed by atoms with Crippen LogP contribution in [0.15, 0.2) is 0 Å². The standard InChI is InChI=1S/C9H17NO3/c10-5-4-7(9(12)13)6-2-1-3-8(6)11/h6-8,11H,1-5,10H2,(H,12,13). The van der Waals surface area contributed by atoms with Crippen LogP contribution in [-0.4, -0.2) is 28.8 Å². The average Bonchev–Trinajstić information content (AvgIpc) is 2.47. The number of carbonyl (C=O) groups is 1. The Balaban J connectivity index is 2.57. The first-order valence-electron chi connectivity index (χ1n) is 4.77. The molecule has 0 aromatic rings. The molecule has 1 rings (SSSR count). The van der Waals surface area contributed by atoms with Crippen LogP contribution in [0.3, 0.4) is 0 Å². The van der Waals surface area contributed by atoms with Crippen molar-refractivity contribution < 1.29 is 15.0 Å². The molecule has 1 aliphatic carbocycles. The maximum atomic E-state index is 10.9. The predicted molar refractivity (Wildman–Crippen MR) is 48.1 cm³/mol. The third-order valence-corrected chi connectivity index (χ3v) is 2.84. The van der Waals surface area contributed by atoms with E-state index in [9.17, 15) is 9.90 Å². The van der Waals surface area contributed by atoms with Crippen molar-refractivity contribution in [1.82, 2.24) is 0 Å². The fourth-order valence-electron chi connectivity index (χ4n) is 2.14. The van der Waals surface area contributed by atoms with E-state index >= 15 is 0 Å². The summed E-state index contributed by atoms with van der Waals surface area (Å²) in [5.41, 5.74) is 5.34. The van der Waals surface area contributed by atoms with Gasteiger partial charge in [-0.1, -0.05) is 6.42 Å². The number of aliphatic hydroxyl groups is 1. The van der Waals surface area contributed by atoms with Gasteiger partial charge in [0.25, 0.3) is 0 Å². The second-order valence-electron chi connectivity index (χ2n) is 3.68. The zero-order valence-corrected chi connectivity index (χ0v) is 7.65. The quantitative estimate of drug-likeness (QED) is 0.587. The smallest absolute Gasteiger partial charge is 0.306 e. The summed E-state index contributed by atoms with van der Waals surface area (Å²) < 4.78 is 0. The molecule has 13 heavy (non-hydrogen) atoms. The van der Waals surface area contributed by atoms with Gasteiger partial charge in [0.1, 0.15) is 0 Å². The van der Waals surface area contributed by atoms with Gasteiger partial charge in [0, 0.05) is 0 Å². The SMILES string of the molecule is NCCC(C(=O)O)C1CCCC1O. The third kappa shape index (κ3) is 2.42. The second-order valence-corrected chi connectivity index (χ2v) is 3.68. The molecular weight excluding hydrogens is 170 g/mol. The van der Waals surface area contributed by atoms with Crippen molar-refractivity contribution in [2.45, 2.75) is 31.8 Å². The first kappa shape index (κ1) is 10.5. The van der Waals surface area contributed by atoms with Gasteiger partial charge < -0.3 is 15.9 Å². The molecule has 0 aromatic carbocycles. The van der Waals surface area contributed by atoms with E-state index in [2.05, 4.69) is 0 Å². The highest BCUT2D eigenvalue weighted by Gasteiger charge is 2.35. The molecule has 0 heterocycles. The first-order chi connectivity index (χ1) is 6.16. The van der Waals surface area contributed by atoms with Crippen molar-refractivity contribution in [3.63, 3.8) is 0 Å². The molecule has 1 aliphatic rings. The second kappa shape index (κ2) is 4.58. The minimum Gasteiger partial charge on any atom is -0.481 e. The Morgan fingerprint density at radius 3 is 2.62 bits per heavy atom. The third-order valence-electron chi connectivity index (χ3n) is 2.84. The van der Waals surface area contributed by atoms with Crippen LogP contribution in [0.4, 0.5) is 0 Å². The number of aliphatic carboxylic acids is 1. The normalized spacial score (nSPS) is 30.3. The van der Waals surface area contributed by atoms with Gasteiger partial charge in [0.15, 0.2) is 0 Å². The summed E-state index contributed by atoms with van der Waals surface area (Å²) >= 11 is 0. The van der Waals surface area contributed by atoms with Gasteiger partial charge in [-0.25, -0.2) is 0 Å². The van der Waals surface area contributed by atoms with Crippen LogP contribution >= 0.6 is 0 Å². The van der Waals surface area contributed by atoms with E-state index in [0.717, 1.165) is 19.3 Å². The summed E-state index contributed by atoms with van der Waals surface area (Å²) in [6, 6.07) is 0. The lowest BCUT2D eigenvalue weighted by Crippen LogP contribution is -2.30. The van der Waals surface area contributed by atoms with Crippen molar-refractivity contribution in [2.75, 3.05) is 6.54 Å². The van der Waals surface area contributed by atoms with Gasteiger partial charge in [0.2, 0.25) is 0 Å². The van der Waals surface area contributed by atoms with Crippen molar-refractivity contribution in [1.29, 1.82) is 0 Å². The monoisotopic (exact) mass is 187 g/mol. The van der Waals surface area contributed by atoms with Gasteiger partial charge in [-0.05, 0) is 31.7 Å². The number of hydrogen-bond acceptors (Lipinski definition) is 3. The number of carboxylic acids is 1. The van der Waals surface area contributed by atoms with E-state index in [-0.39, 0.29) is 5.92 Å². The molecule has 0 spiro atoms. The lowest BCUT2D eigenvalue weighted by atomic mass is 9.87. The topological polar surface area (TPSA) is 83.6 Å². The molecule has 4 N–H and O–H groups in total. The molecule has 1 saturated carbocycles. The lowest BCUT2D eigenvalue weighted by Gasteiger charge is -2.21. The van der Waals surface area contributed by atoms with Crippen LogP contribution < -0.4 is 5.73 Å². The summed E-state index contributed by atoms with van der Waals surface area (Å²) in [5.74, 6) is -1.36. The number of hydrogen-bond donors (Lipinski definition) is 3. The fraction of sp³-hybridized carbons (Fsp3) is 0.889. The Bertz CT molecular complexity index is 184. The zero-order chi connectivity index (χ0) is 9.84. The van der Waals surface area contributed by atoms with Gasteiger partial charge in [-0.3, -0.25) is 4.79 Å². The van der Waals surface area contributed by atoms with E-state index in [1.807, 2.05) is 0 Å². The first-order valence-corrected chi connectivity index (χ1v) is 4.77. The molecule has 0 saturated heterocycles. The Labute approximate surface area is 77.7 Å². The van der Waals surface area contributed by atoms with Gasteiger partial charge in [-0.15, -0.1) is 0 Å². The molecule has 3 atom stereocenters. The molecule has 0 amide bonds. The van der Waals surface area contributed by atoms with E-state index in [4.69, 9.17) is 10.8 Å². The maximum Gasteiger partial charge on any atom is 0.306 e. The fourth-order valence-corrected chi connectivity index (χ4v) is 2.14. The molecule has 0 bridgehead atoms. The van der Waals surface area contributed by atoms with Crippen LogP contribution in [0.2, 0.25) is 0 Å². The van der Waals surface area contributed by atoms with Crippen molar-refractivity contribution in [3.8, 4) is 0 Å². The Kier molecular flexibility index (Phi) is 3.69. The van der Waals surface area contributed by atoms with Crippen LogP contribution in [0.1, 0.15) is 25.7 Å². The highest BCUT2D eigenvalue weighted by Crippen LogP contribution is 2.33. The van der Waals surface area contributed by atoms with Gasteiger partial charge in [-0.2, -0.15) is 0 Å². The van der Waals surface area contributed by atoms with Crippen molar-refractivity contribution in [2.24, 2.45) is 17.6 Å². The summed E-state index contributed by atoms with van der Waals surface area (Å²) in [4.78, 5) is 10.9. The largest absolute Gasteiger partial charge is 0.481 e. The summed E-state index contributed by atoms with van der Waals surface area (Å²) in [7, 11) is 0. The molecular formula is C9H17NO3. The molecule has 0 aromatic heterocycles. The van der Waals surface area contributed by atoms with Gasteiger partial charge in [0.05, 0.1) is 12.0 Å². The Morgan fingerprint density at radius 2 is 2.23 bits per heavy atom. The van der Waals surface area contributed by atoms with E-state index in [0.29, 0.717) is 13.0 Å². The molecule has 76 valence electrons. The van der Waals surface area contributed by atoms with Gasteiger partial charge >= 0.3 is 5.97 Å². The van der Waals surface area contributed by atoms with Crippen LogP contribution in [-0.2, 0) is 4.79 Å². The highest BCUT2D eigenvalue weighted by atomic mass is 16.4. The van der Waals surface area contributed by atoms with E-state index in [1.165, 1.54) is 0 Å². The molecule has 0 radical (unpaired) electrons. The minimum absolute atomic E-state index is 0.0824. The Hall–Kier alpha value is -0.610. The number of nitrogens with two attached hydrogens (primary N) is 1. The summed E-state index contributed by atoms with van der Waals surface area (Å²) in [5, 5.41) is 18.4. The molecule has 3 unspecified atom stereocenters. The van der Waals surface area contributed by atoms with E-state index in [1.54, 1.807) is 0 Å². The minimum atomic E-state index is -0.823. The molecule has 4 heteroatoms. The summed E-state index contributed by atoms with van der Waals surface area (Å²) in [6.45, 7) is 0.375. The average molecular weight is 187 g/mol. The summed E-state index contributed by atoms with van der Waals surface area (Å²) in [6.07, 6.45) is 2.52. The molecule has 0 aliphatic heterocycles. The van der Waals surface area contributed by atoms with Crippen molar-refractivity contribution in [3.05, 3.63) is 0 Å². The van der Waals surface area contributed by atoms with Crippen LogP contribution in [0.25, 0.3) is 0 Å². The lowest BCUT2D eigenvalue weighted by molar-refractivity contribution is -0.145. The van der Waals surface area contributed by atoms with Crippen LogP contribution in [0.5, 0.6) is 0 Å². The zero-order valence-electron chi connectivity index (χ0n) is 7.65. The van der Waals surface area contributed by atoms with Crippen LogP contribution in [0, 0.1) is 11.8 Å². The van der Waals surface area contributed by atoms with E-state index < -0.39 is 18.0 Å². The number of rotatable bonds is 4. The highest BCUT2D eigenvalue weighted by molar-refractivity contribution is 5.70. The molecule has 4 nitrogen and oxygen atoms in total.